The summed E-state index contributed by atoms with van der Waals surface area (Å²) in [5.74, 6) is -0.320. The predicted octanol–water partition coefficient (Wildman–Crippen LogP) is 4.31. The first-order valence-corrected chi connectivity index (χ1v) is 10.2. The van der Waals surface area contributed by atoms with Crippen molar-refractivity contribution < 1.29 is 19.1 Å². The molecule has 1 N–H and O–H groups in total. The number of amides is 1. The summed E-state index contributed by atoms with van der Waals surface area (Å²) in [4.78, 5) is 27.8. The Labute approximate surface area is 179 Å². The van der Waals surface area contributed by atoms with E-state index >= 15 is 0 Å². The number of carbonyl (C=O) groups excluding carboxylic acids is 2. The number of esters is 1. The molecule has 6 heteroatoms. The number of fused-ring (bicyclic) bond motifs is 1. The second-order valence-corrected chi connectivity index (χ2v) is 8.20. The first-order valence-electron chi connectivity index (χ1n) is 9.42. The first kappa shape index (κ1) is 20.0. The van der Waals surface area contributed by atoms with Crippen LogP contribution in [-0.2, 0) is 15.1 Å². The third-order valence-corrected chi connectivity index (χ3v) is 6.14. The Morgan fingerprint density at radius 2 is 1.70 bits per heavy atom. The molecule has 0 bridgehead atoms. The summed E-state index contributed by atoms with van der Waals surface area (Å²) in [5.41, 5.74) is 1.33. The fourth-order valence-electron chi connectivity index (χ4n) is 3.73. The maximum Gasteiger partial charge on any atom is 0.341 e. The zero-order valence-electron chi connectivity index (χ0n) is 16.9. The van der Waals surface area contributed by atoms with Gasteiger partial charge in [-0.25, -0.2) is 4.79 Å². The van der Waals surface area contributed by atoms with Crippen LogP contribution in [0.4, 0.5) is 0 Å². The second kappa shape index (κ2) is 7.88. The van der Waals surface area contributed by atoms with E-state index in [1.807, 2.05) is 49.4 Å². The minimum absolute atomic E-state index is 0.324. The van der Waals surface area contributed by atoms with Gasteiger partial charge in [0.1, 0.15) is 5.75 Å². The van der Waals surface area contributed by atoms with Gasteiger partial charge in [-0.2, -0.15) is 0 Å². The monoisotopic (exact) mass is 419 g/mol. The van der Waals surface area contributed by atoms with Crippen LogP contribution in [0.5, 0.6) is 5.75 Å². The Hall–Kier alpha value is -3.25. The summed E-state index contributed by atoms with van der Waals surface area (Å²) in [6, 6.07) is 20.9. The highest BCUT2D eigenvalue weighted by Crippen LogP contribution is 2.41. The molecule has 0 aromatic heterocycles. The minimum atomic E-state index is -1.43. The van der Waals surface area contributed by atoms with Gasteiger partial charge in [-0.3, -0.25) is 4.79 Å². The van der Waals surface area contributed by atoms with Crippen LogP contribution in [0.25, 0.3) is 0 Å². The topological polar surface area (TPSA) is 64.6 Å². The van der Waals surface area contributed by atoms with Crippen LogP contribution < -0.4 is 10.1 Å². The lowest BCUT2D eigenvalue weighted by molar-refractivity contribution is -0.146. The van der Waals surface area contributed by atoms with Gasteiger partial charge < -0.3 is 14.8 Å². The Bertz CT molecular complexity index is 1140. The molecule has 0 fully saturated rings. The summed E-state index contributed by atoms with van der Waals surface area (Å²) in [6.07, 6.45) is 0. The third-order valence-electron chi connectivity index (χ3n) is 5.16. The van der Waals surface area contributed by atoms with Crippen molar-refractivity contribution in [1.29, 1.82) is 0 Å². The van der Waals surface area contributed by atoms with Crippen molar-refractivity contribution in [3.05, 3.63) is 89.0 Å². The highest BCUT2D eigenvalue weighted by molar-refractivity contribution is 7.99. The molecule has 0 saturated heterocycles. The van der Waals surface area contributed by atoms with Crippen molar-refractivity contribution in [3.8, 4) is 5.75 Å². The van der Waals surface area contributed by atoms with Crippen LogP contribution in [0.2, 0.25) is 0 Å². The average Bonchev–Trinajstić information content (AvgIpc) is 3.06. The van der Waals surface area contributed by atoms with Gasteiger partial charge in [-0.15, -0.1) is 0 Å². The largest absolute Gasteiger partial charge is 0.497 e. The quantitative estimate of drug-likeness (QED) is 0.624. The number of methoxy groups -OCH3 is 2. The lowest BCUT2D eigenvalue weighted by Gasteiger charge is -2.28. The molecule has 1 heterocycles. The second-order valence-electron chi connectivity index (χ2n) is 7.05. The number of nitrogens with one attached hydrogen (secondary N) is 1. The molecule has 1 aliphatic rings. The first-order chi connectivity index (χ1) is 14.5. The van der Waals surface area contributed by atoms with E-state index in [2.05, 4.69) is 11.4 Å². The predicted molar refractivity (Wildman–Crippen MR) is 115 cm³/mol. The normalized spacial score (nSPS) is 17.2. The Balaban J connectivity index is 1.84. The molecule has 3 aromatic carbocycles. The van der Waals surface area contributed by atoms with Crippen molar-refractivity contribution >= 4 is 23.6 Å². The van der Waals surface area contributed by atoms with Crippen LogP contribution in [-0.4, -0.2) is 26.1 Å². The van der Waals surface area contributed by atoms with Gasteiger partial charge in [0, 0.05) is 20.9 Å². The summed E-state index contributed by atoms with van der Waals surface area (Å²) in [6.45, 7) is 2.05. The number of aryl methyl sites for hydroxylation is 1. The summed E-state index contributed by atoms with van der Waals surface area (Å²) < 4.78 is 10.5. The van der Waals surface area contributed by atoms with E-state index in [-0.39, 0.29) is 5.91 Å². The maximum atomic E-state index is 13.1. The molecule has 30 heavy (non-hydrogen) atoms. The molecular weight excluding hydrogens is 398 g/mol. The molecule has 5 nitrogen and oxygen atoms in total. The van der Waals surface area contributed by atoms with Gasteiger partial charge in [0.2, 0.25) is 0 Å². The standard InChI is InChI=1S/C24H21NO4S/c1-15-6-4-8-18(12-15)30-19-9-5-7-16(13-19)24(23(27)29-3)21-14-17(28-2)10-11-20(21)22(26)25-24/h4-14H,1-3H3,(H,25,26). The minimum Gasteiger partial charge on any atom is -0.497 e. The zero-order valence-corrected chi connectivity index (χ0v) is 17.7. The summed E-state index contributed by atoms with van der Waals surface area (Å²) >= 11 is 1.59. The number of hydrogen-bond acceptors (Lipinski definition) is 5. The lowest BCUT2D eigenvalue weighted by Crippen LogP contribution is -2.48. The third kappa shape index (κ3) is 3.33. The Morgan fingerprint density at radius 3 is 2.40 bits per heavy atom. The molecule has 0 radical (unpaired) electrons. The van der Waals surface area contributed by atoms with Crippen LogP contribution in [0.3, 0.4) is 0 Å². The molecule has 4 rings (SSSR count). The average molecular weight is 420 g/mol. The van der Waals surface area contributed by atoms with E-state index in [0.717, 1.165) is 9.79 Å². The van der Waals surface area contributed by atoms with E-state index in [0.29, 0.717) is 22.4 Å². The lowest BCUT2D eigenvalue weighted by atomic mass is 9.83. The van der Waals surface area contributed by atoms with Gasteiger partial charge in [-0.05, 0) is 55.0 Å². The molecule has 1 atom stereocenters. The van der Waals surface area contributed by atoms with Gasteiger partial charge in [0.25, 0.3) is 5.91 Å². The van der Waals surface area contributed by atoms with Crippen LogP contribution in [0.1, 0.15) is 27.0 Å². The van der Waals surface area contributed by atoms with E-state index in [9.17, 15) is 9.59 Å². The molecule has 3 aromatic rings. The van der Waals surface area contributed by atoms with Crippen molar-refractivity contribution in [1.82, 2.24) is 5.32 Å². The van der Waals surface area contributed by atoms with Crippen LogP contribution in [0, 0.1) is 6.92 Å². The zero-order chi connectivity index (χ0) is 21.3. The van der Waals surface area contributed by atoms with Crippen molar-refractivity contribution in [2.24, 2.45) is 0 Å². The SMILES string of the molecule is COC(=O)C1(c2cccc(Sc3cccc(C)c3)c2)NC(=O)c2ccc(OC)cc21. The van der Waals surface area contributed by atoms with Crippen LogP contribution >= 0.6 is 11.8 Å². The molecular formula is C24H21NO4S. The Kier molecular flexibility index (Phi) is 5.26. The maximum absolute atomic E-state index is 13.1. The molecule has 1 unspecified atom stereocenters. The molecule has 1 amide bonds. The van der Waals surface area contributed by atoms with E-state index in [4.69, 9.17) is 9.47 Å². The Morgan fingerprint density at radius 1 is 0.967 bits per heavy atom. The van der Waals surface area contributed by atoms with Crippen molar-refractivity contribution in [2.75, 3.05) is 14.2 Å². The van der Waals surface area contributed by atoms with Crippen molar-refractivity contribution in [2.45, 2.75) is 22.3 Å². The number of carbonyl (C=O) groups is 2. The van der Waals surface area contributed by atoms with Gasteiger partial charge in [0.05, 0.1) is 14.2 Å². The number of ether oxygens (including phenoxy) is 2. The van der Waals surface area contributed by atoms with E-state index < -0.39 is 11.5 Å². The number of benzene rings is 3. The summed E-state index contributed by atoms with van der Waals surface area (Å²) in [7, 11) is 2.87. The van der Waals surface area contributed by atoms with E-state index in [1.54, 1.807) is 37.1 Å². The van der Waals surface area contributed by atoms with Gasteiger partial charge >= 0.3 is 5.97 Å². The fourth-order valence-corrected chi connectivity index (χ4v) is 4.73. The molecule has 0 aliphatic carbocycles. The molecule has 152 valence electrons. The number of hydrogen-bond donors (Lipinski definition) is 1. The number of rotatable bonds is 5. The van der Waals surface area contributed by atoms with Crippen LogP contribution in [0.15, 0.2) is 76.5 Å². The smallest absolute Gasteiger partial charge is 0.341 e. The highest BCUT2D eigenvalue weighted by Gasteiger charge is 2.51. The van der Waals surface area contributed by atoms with E-state index in [1.165, 1.54) is 12.7 Å². The van der Waals surface area contributed by atoms with Gasteiger partial charge in [-0.1, -0.05) is 41.6 Å². The molecule has 1 aliphatic heterocycles. The summed E-state index contributed by atoms with van der Waals surface area (Å²) in [5, 5.41) is 2.87. The molecule has 0 spiro atoms. The molecule has 0 saturated carbocycles. The van der Waals surface area contributed by atoms with Gasteiger partial charge in [0.15, 0.2) is 5.54 Å². The highest BCUT2D eigenvalue weighted by atomic mass is 32.2. The van der Waals surface area contributed by atoms with Crippen molar-refractivity contribution in [3.63, 3.8) is 0 Å². The fraction of sp³-hybridized carbons (Fsp3) is 0.167.